The topological polar surface area (TPSA) is 18.5 Å². The van der Waals surface area contributed by atoms with Crippen molar-refractivity contribution >= 4 is 0 Å². The maximum absolute atomic E-state index is 5.29. The Balaban J connectivity index is 2.42. The van der Waals surface area contributed by atoms with Gasteiger partial charge in [0.15, 0.2) is 0 Å². The molecule has 0 aliphatic carbocycles. The summed E-state index contributed by atoms with van der Waals surface area (Å²) in [5.41, 5.74) is 1.34. The van der Waals surface area contributed by atoms with Crippen LogP contribution in [0.5, 0.6) is 5.75 Å². The molecule has 2 heteroatoms. The van der Waals surface area contributed by atoms with E-state index in [4.69, 9.17) is 9.47 Å². The van der Waals surface area contributed by atoms with Crippen molar-refractivity contribution in [3.63, 3.8) is 0 Å². The molecule has 0 aliphatic heterocycles. The molecular weight excluding hydrogens is 176 g/mol. The second-order valence-electron chi connectivity index (χ2n) is 2.99. The fraction of sp³-hybridized carbons (Fsp3) is 0.333. The van der Waals surface area contributed by atoms with Crippen molar-refractivity contribution in [3.05, 3.63) is 42.7 Å². The normalized spacial score (nSPS) is 9.50. The number of ether oxygens (including phenoxy) is 2. The lowest BCUT2D eigenvalue weighted by atomic mass is 10.1. The van der Waals surface area contributed by atoms with Gasteiger partial charge in [-0.05, 0) is 24.1 Å². The summed E-state index contributed by atoms with van der Waals surface area (Å²) in [6, 6.07) is 8.06. The Labute approximate surface area is 85.2 Å². The van der Waals surface area contributed by atoms with E-state index in [2.05, 4.69) is 25.6 Å². The van der Waals surface area contributed by atoms with Crippen LogP contribution in [0.2, 0.25) is 0 Å². The maximum Gasteiger partial charge on any atom is 0.229 e. The molecule has 0 bridgehead atoms. The summed E-state index contributed by atoms with van der Waals surface area (Å²) >= 11 is 0. The van der Waals surface area contributed by atoms with Crippen LogP contribution in [0.3, 0.4) is 0 Å². The van der Waals surface area contributed by atoms with Gasteiger partial charge in [-0.2, -0.15) is 0 Å². The smallest absolute Gasteiger partial charge is 0.229 e. The van der Waals surface area contributed by atoms with E-state index in [1.807, 2.05) is 12.1 Å². The number of rotatable bonds is 6. The molecule has 0 heterocycles. The fourth-order valence-corrected chi connectivity index (χ4v) is 1.19. The van der Waals surface area contributed by atoms with Crippen LogP contribution in [0.1, 0.15) is 18.9 Å². The first kappa shape index (κ1) is 10.6. The molecule has 0 N–H and O–H groups in total. The molecule has 76 valence electrons. The molecule has 14 heavy (non-hydrogen) atoms. The molecule has 0 aromatic heterocycles. The zero-order valence-corrected chi connectivity index (χ0v) is 8.53. The molecule has 0 spiro atoms. The Kier molecular flexibility index (Phi) is 4.62. The van der Waals surface area contributed by atoms with Gasteiger partial charge in [0.2, 0.25) is 6.79 Å². The first-order valence-electron chi connectivity index (χ1n) is 4.81. The van der Waals surface area contributed by atoms with Crippen molar-refractivity contribution in [3.8, 4) is 5.75 Å². The summed E-state index contributed by atoms with van der Waals surface area (Å²) in [5.74, 6) is 0.826. The fourth-order valence-electron chi connectivity index (χ4n) is 1.19. The summed E-state index contributed by atoms with van der Waals surface area (Å²) in [6.45, 7) is 5.82. The molecule has 2 nitrogen and oxygen atoms in total. The number of benzene rings is 1. The lowest BCUT2D eigenvalue weighted by Crippen LogP contribution is -1.97. The van der Waals surface area contributed by atoms with Crippen LogP contribution in [0, 0.1) is 0 Å². The van der Waals surface area contributed by atoms with Crippen molar-refractivity contribution in [2.45, 2.75) is 19.8 Å². The summed E-state index contributed by atoms with van der Waals surface area (Å²) in [4.78, 5) is 0. The van der Waals surface area contributed by atoms with Crippen LogP contribution in [-0.4, -0.2) is 6.79 Å². The second-order valence-corrected chi connectivity index (χ2v) is 2.99. The minimum atomic E-state index is 0.219. The van der Waals surface area contributed by atoms with Crippen molar-refractivity contribution < 1.29 is 9.47 Å². The van der Waals surface area contributed by atoms with Gasteiger partial charge in [0.05, 0.1) is 6.26 Å². The summed E-state index contributed by atoms with van der Waals surface area (Å²) < 4.78 is 10.1. The molecule has 1 aromatic rings. The van der Waals surface area contributed by atoms with Crippen molar-refractivity contribution in [2.75, 3.05) is 6.79 Å². The molecule has 0 aliphatic rings. The van der Waals surface area contributed by atoms with Crippen molar-refractivity contribution in [1.29, 1.82) is 0 Å². The highest BCUT2D eigenvalue weighted by Gasteiger charge is 1.93. The van der Waals surface area contributed by atoms with E-state index in [-0.39, 0.29) is 6.79 Å². The van der Waals surface area contributed by atoms with Crippen LogP contribution < -0.4 is 4.74 Å². The molecular formula is C12H16O2. The molecule has 0 unspecified atom stereocenters. The molecule has 0 fully saturated rings. The standard InChI is InChI=1S/C12H16O2/c1-3-5-11-6-8-12(9-7-11)14-10-13-4-2/h4,6-9H,2-3,5,10H2,1H3. The van der Waals surface area contributed by atoms with E-state index in [0.29, 0.717) is 0 Å². The average molecular weight is 192 g/mol. The monoisotopic (exact) mass is 192 g/mol. The molecule has 0 radical (unpaired) electrons. The van der Waals surface area contributed by atoms with Crippen LogP contribution in [0.4, 0.5) is 0 Å². The summed E-state index contributed by atoms with van der Waals surface area (Å²) in [6.07, 6.45) is 3.65. The zero-order chi connectivity index (χ0) is 10.2. The van der Waals surface area contributed by atoms with Gasteiger partial charge in [-0.1, -0.05) is 32.1 Å². The average Bonchev–Trinajstić information content (AvgIpc) is 2.21. The van der Waals surface area contributed by atoms with Crippen LogP contribution >= 0.6 is 0 Å². The third kappa shape index (κ3) is 3.52. The van der Waals surface area contributed by atoms with Crippen LogP contribution in [-0.2, 0) is 11.2 Å². The predicted molar refractivity (Wildman–Crippen MR) is 57.2 cm³/mol. The van der Waals surface area contributed by atoms with Gasteiger partial charge in [0.1, 0.15) is 5.75 Å². The number of aryl methyl sites for hydroxylation is 1. The quantitative estimate of drug-likeness (QED) is 0.391. The lowest BCUT2D eigenvalue weighted by molar-refractivity contribution is 0.0807. The van der Waals surface area contributed by atoms with Crippen LogP contribution in [0.15, 0.2) is 37.1 Å². The lowest BCUT2D eigenvalue weighted by Gasteiger charge is -2.05. The third-order valence-corrected chi connectivity index (χ3v) is 1.87. The number of hydrogen-bond donors (Lipinski definition) is 0. The molecule has 0 atom stereocenters. The van der Waals surface area contributed by atoms with Gasteiger partial charge in [0.25, 0.3) is 0 Å². The molecule has 0 saturated carbocycles. The van der Waals surface area contributed by atoms with Gasteiger partial charge in [0, 0.05) is 0 Å². The number of hydrogen-bond acceptors (Lipinski definition) is 2. The molecule has 0 amide bonds. The van der Waals surface area contributed by atoms with Crippen LogP contribution in [0.25, 0.3) is 0 Å². The Morgan fingerprint density at radius 1 is 1.29 bits per heavy atom. The van der Waals surface area contributed by atoms with E-state index < -0.39 is 0 Å². The Morgan fingerprint density at radius 3 is 2.57 bits per heavy atom. The Morgan fingerprint density at radius 2 is 2.00 bits per heavy atom. The van der Waals surface area contributed by atoms with E-state index in [1.54, 1.807) is 0 Å². The SMILES string of the molecule is C=COCOc1ccc(CCC)cc1. The minimum Gasteiger partial charge on any atom is -0.466 e. The van der Waals surface area contributed by atoms with Crippen molar-refractivity contribution in [1.82, 2.24) is 0 Å². The van der Waals surface area contributed by atoms with Gasteiger partial charge in [-0.25, -0.2) is 0 Å². The summed E-state index contributed by atoms with van der Waals surface area (Å²) in [5, 5.41) is 0. The highest BCUT2D eigenvalue weighted by Crippen LogP contribution is 2.13. The second kappa shape index (κ2) is 6.08. The van der Waals surface area contributed by atoms with Gasteiger partial charge >= 0.3 is 0 Å². The third-order valence-electron chi connectivity index (χ3n) is 1.87. The van der Waals surface area contributed by atoms with Gasteiger partial charge in [-0.3, -0.25) is 0 Å². The highest BCUT2D eigenvalue weighted by atomic mass is 16.7. The molecule has 0 saturated heterocycles. The van der Waals surface area contributed by atoms with E-state index >= 15 is 0 Å². The predicted octanol–water partition coefficient (Wildman–Crippen LogP) is 3.14. The Bertz CT molecular complexity index is 264. The van der Waals surface area contributed by atoms with E-state index in [9.17, 15) is 0 Å². The van der Waals surface area contributed by atoms with E-state index in [1.165, 1.54) is 18.2 Å². The van der Waals surface area contributed by atoms with Gasteiger partial charge in [-0.15, -0.1) is 0 Å². The van der Waals surface area contributed by atoms with Crippen molar-refractivity contribution in [2.24, 2.45) is 0 Å². The van der Waals surface area contributed by atoms with Gasteiger partial charge < -0.3 is 9.47 Å². The first-order valence-corrected chi connectivity index (χ1v) is 4.81. The van der Waals surface area contributed by atoms with E-state index in [0.717, 1.165) is 12.2 Å². The molecule has 1 rings (SSSR count). The summed E-state index contributed by atoms with van der Waals surface area (Å²) in [7, 11) is 0. The highest BCUT2D eigenvalue weighted by molar-refractivity contribution is 5.27. The largest absolute Gasteiger partial charge is 0.466 e. The zero-order valence-electron chi connectivity index (χ0n) is 8.53. The first-order chi connectivity index (χ1) is 6.86. The molecule has 1 aromatic carbocycles. The minimum absolute atomic E-state index is 0.219. The Hall–Kier alpha value is -1.44. The maximum atomic E-state index is 5.29.